The molecule has 0 bridgehead atoms. The minimum absolute atomic E-state index is 0.0741. The molecule has 1 aromatic heterocycles. The Balaban J connectivity index is 1.62. The number of carbonyl (C=O) groups is 2. The van der Waals surface area contributed by atoms with Crippen LogP contribution in [0.3, 0.4) is 0 Å². The van der Waals surface area contributed by atoms with Gasteiger partial charge in [0.05, 0.1) is 17.6 Å². The molecule has 0 aliphatic carbocycles. The fourth-order valence-electron chi connectivity index (χ4n) is 4.14. The Morgan fingerprint density at radius 1 is 1.11 bits per heavy atom. The normalized spacial score (nSPS) is 15.2. The minimum atomic E-state index is -0.692. The van der Waals surface area contributed by atoms with Gasteiger partial charge in [-0.15, -0.1) is 11.3 Å². The Morgan fingerprint density at radius 3 is 2.45 bits per heavy atom. The molecule has 0 radical (unpaired) electrons. The number of hydrogen-bond acceptors (Lipinski definition) is 6. The Hall–Kier alpha value is -3.97. The van der Waals surface area contributed by atoms with E-state index in [9.17, 15) is 18.4 Å². The first-order valence-corrected chi connectivity index (χ1v) is 12.8. The highest BCUT2D eigenvalue weighted by molar-refractivity contribution is 7.18. The van der Waals surface area contributed by atoms with Crippen molar-refractivity contribution in [1.29, 1.82) is 5.26 Å². The molecule has 3 aromatic rings. The summed E-state index contributed by atoms with van der Waals surface area (Å²) in [6.45, 7) is 6.15. The maximum atomic E-state index is 14.5. The molecular weight excluding hydrogens is 512 g/mol. The highest BCUT2D eigenvalue weighted by Gasteiger charge is 2.31. The van der Waals surface area contributed by atoms with E-state index in [1.54, 1.807) is 49.9 Å². The molecule has 1 aliphatic heterocycles. The number of likely N-dealkylation sites (tertiary alicyclic amines) is 1. The number of thiophene rings is 1. The molecule has 1 aliphatic rings. The quantitative estimate of drug-likeness (QED) is 0.431. The molecule has 10 heteroatoms. The van der Waals surface area contributed by atoms with Gasteiger partial charge in [0.15, 0.2) is 11.6 Å². The molecule has 2 aromatic carbocycles. The van der Waals surface area contributed by atoms with Crippen LogP contribution in [0.5, 0.6) is 5.75 Å². The first kappa shape index (κ1) is 27.1. The zero-order valence-corrected chi connectivity index (χ0v) is 22.2. The van der Waals surface area contributed by atoms with Gasteiger partial charge in [0.25, 0.3) is 5.91 Å². The van der Waals surface area contributed by atoms with Crippen molar-refractivity contribution in [3.05, 3.63) is 64.5 Å². The summed E-state index contributed by atoms with van der Waals surface area (Å²) >= 11 is 1.14. The summed E-state index contributed by atoms with van der Waals surface area (Å²) < 4.78 is 39.4. The van der Waals surface area contributed by atoms with Gasteiger partial charge in [-0.3, -0.25) is 4.79 Å². The van der Waals surface area contributed by atoms with Crippen molar-refractivity contribution >= 4 is 23.3 Å². The topological polar surface area (TPSA) is 91.7 Å². The van der Waals surface area contributed by atoms with E-state index in [2.05, 4.69) is 5.32 Å². The number of carbonyl (C=O) groups excluding carboxylic acids is 2. The van der Waals surface area contributed by atoms with Crippen molar-refractivity contribution < 1.29 is 27.8 Å². The molecule has 2 heterocycles. The van der Waals surface area contributed by atoms with Crippen molar-refractivity contribution in [2.75, 3.05) is 20.2 Å². The van der Waals surface area contributed by atoms with E-state index in [-0.39, 0.29) is 23.3 Å². The summed E-state index contributed by atoms with van der Waals surface area (Å²) in [5.41, 5.74) is 0.738. The van der Waals surface area contributed by atoms with Crippen molar-refractivity contribution in [3.63, 3.8) is 0 Å². The minimum Gasteiger partial charge on any atom is -0.494 e. The summed E-state index contributed by atoms with van der Waals surface area (Å²) in [5.74, 6) is -1.55. The average Bonchev–Trinajstić information content (AvgIpc) is 3.51. The molecule has 1 atom stereocenters. The molecule has 198 valence electrons. The van der Waals surface area contributed by atoms with Crippen LogP contribution in [-0.2, 0) is 4.74 Å². The fourth-order valence-corrected chi connectivity index (χ4v) is 5.22. The average molecular weight is 540 g/mol. The molecule has 1 saturated heterocycles. The molecular formula is C28H27F2N3O4S. The van der Waals surface area contributed by atoms with Crippen LogP contribution in [0.1, 0.15) is 42.4 Å². The lowest BCUT2D eigenvalue weighted by atomic mass is 10.0. The van der Waals surface area contributed by atoms with Crippen LogP contribution in [-0.4, -0.2) is 48.7 Å². The number of amides is 2. The van der Waals surface area contributed by atoms with Gasteiger partial charge in [-0.2, -0.15) is 5.26 Å². The maximum absolute atomic E-state index is 14.5. The molecule has 2 amide bonds. The monoisotopic (exact) mass is 539 g/mol. The summed E-state index contributed by atoms with van der Waals surface area (Å²) in [5, 5.41) is 12.0. The number of halogens is 2. The molecule has 1 fully saturated rings. The number of nitrogens with one attached hydrogen (secondary N) is 1. The first-order chi connectivity index (χ1) is 18.0. The maximum Gasteiger partial charge on any atom is 0.410 e. The van der Waals surface area contributed by atoms with Gasteiger partial charge in [0.1, 0.15) is 17.5 Å². The highest BCUT2D eigenvalue weighted by atomic mass is 32.1. The largest absolute Gasteiger partial charge is 0.494 e. The Labute approximate surface area is 223 Å². The van der Waals surface area contributed by atoms with E-state index in [0.29, 0.717) is 46.0 Å². The van der Waals surface area contributed by atoms with E-state index in [0.717, 1.165) is 11.3 Å². The number of benzene rings is 2. The van der Waals surface area contributed by atoms with Gasteiger partial charge >= 0.3 is 6.09 Å². The van der Waals surface area contributed by atoms with Gasteiger partial charge in [-0.05, 0) is 74.7 Å². The van der Waals surface area contributed by atoms with E-state index < -0.39 is 23.3 Å². The van der Waals surface area contributed by atoms with E-state index in [4.69, 9.17) is 14.7 Å². The van der Waals surface area contributed by atoms with E-state index in [1.807, 2.05) is 0 Å². The number of rotatable bonds is 5. The Kier molecular flexibility index (Phi) is 7.69. The van der Waals surface area contributed by atoms with Crippen LogP contribution in [0.15, 0.2) is 42.5 Å². The second-order valence-corrected chi connectivity index (χ2v) is 10.9. The lowest BCUT2D eigenvalue weighted by Crippen LogP contribution is -2.40. The predicted octanol–water partition coefficient (Wildman–Crippen LogP) is 5.98. The number of hydrogen-bond donors (Lipinski definition) is 1. The molecule has 7 nitrogen and oxygen atoms in total. The number of methoxy groups -OCH3 is 1. The standard InChI is InChI=1S/C28H27F2N3O4S/c1-28(2,3)37-27(35)33-10-9-19(15-33)32-26(34)24-13-20(16-5-6-18(14-31)21(29)11-16)25(38-24)17-7-8-23(36-4)22(30)12-17/h5-8,11-13,19H,9-10,15H2,1-4H3,(H,32,34)/t19-/m1/s1. The van der Waals surface area contributed by atoms with Crippen LogP contribution in [0.25, 0.3) is 21.6 Å². The van der Waals surface area contributed by atoms with Crippen LogP contribution < -0.4 is 10.1 Å². The van der Waals surface area contributed by atoms with Crippen LogP contribution in [0.2, 0.25) is 0 Å². The van der Waals surface area contributed by atoms with E-state index in [1.165, 1.54) is 31.4 Å². The van der Waals surface area contributed by atoms with Gasteiger partial charge in [-0.25, -0.2) is 13.6 Å². The predicted molar refractivity (Wildman–Crippen MR) is 140 cm³/mol. The lowest BCUT2D eigenvalue weighted by Gasteiger charge is -2.24. The second-order valence-electron chi connectivity index (χ2n) is 9.89. The molecule has 0 spiro atoms. The summed E-state index contributed by atoms with van der Waals surface area (Å²) in [6, 6.07) is 11.8. The smallest absolute Gasteiger partial charge is 0.410 e. The molecule has 0 saturated carbocycles. The second kappa shape index (κ2) is 10.8. The Bertz CT molecular complexity index is 1420. The Morgan fingerprint density at radius 2 is 1.82 bits per heavy atom. The van der Waals surface area contributed by atoms with Gasteiger partial charge in [0.2, 0.25) is 0 Å². The van der Waals surface area contributed by atoms with Gasteiger partial charge in [-0.1, -0.05) is 6.07 Å². The van der Waals surface area contributed by atoms with Crippen LogP contribution >= 0.6 is 11.3 Å². The zero-order chi connectivity index (χ0) is 27.6. The number of ether oxygens (including phenoxy) is 2. The first-order valence-electron chi connectivity index (χ1n) is 12.0. The third-order valence-corrected chi connectivity index (χ3v) is 7.13. The van der Waals surface area contributed by atoms with Crippen molar-refractivity contribution in [2.24, 2.45) is 0 Å². The molecule has 0 unspecified atom stereocenters. The van der Waals surface area contributed by atoms with Crippen molar-refractivity contribution in [2.45, 2.75) is 38.8 Å². The van der Waals surface area contributed by atoms with Gasteiger partial charge < -0.3 is 19.7 Å². The molecule has 4 rings (SSSR count). The van der Waals surface area contributed by atoms with Crippen molar-refractivity contribution in [3.8, 4) is 33.4 Å². The SMILES string of the molecule is COc1ccc(-c2sc(C(=O)N[C@@H]3CCN(C(=O)OC(C)(C)C)C3)cc2-c2ccc(C#N)c(F)c2)cc1F. The summed E-state index contributed by atoms with van der Waals surface area (Å²) in [4.78, 5) is 28.0. The van der Waals surface area contributed by atoms with Gasteiger partial charge in [0, 0.05) is 29.6 Å². The van der Waals surface area contributed by atoms with E-state index >= 15 is 0 Å². The molecule has 38 heavy (non-hydrogen) atoms. The third-order valence-electron chi connectivity index (χ3n) is 5.95. The van der Waals surface area contributed by atoms with Crippen molar-refractivity contribution in [1.82, 2.24) is 10.2 Å². The number of nitriles is 1. The van der Waals surface area contributed by atoms with Crippen LogP contribution in [0, 0.1) is 23.0 Å². The summed E-state index contributed by atoms with van der Waals surface area (Å²) in [6.07, 6.45) is 0.139. The lowest BCUT2D eigenvalue weighted by molar-refractivity contribution is 0.0290. The molecule has 1 N–H and O–H groups in total. The fraction of sp³-hybridized carbons (Fsp3) is 0.321. The summed E-state index contributed by atoms with van der Waals surface area (Å²) in [7, 11) is 1.36. The third kappa shape index (κ3) is 5.94. The number of nitrogens with zero attached hydrogens (tertiary/aromatic N) is 2. The zero-order valence-electron chi connectivity index (χ0n) is 21.4. The highest BCUT2D eigenvalue weighted by Crippen LogP contribution is 2.41. The van der Waals surface area contributed by atoms with Crippen LogP contribution in [0.4, 0.5) is 13.6 Å².